The highest BCUT2D eigenvalue weighted by molar-refractivity contribution is 5.91. The van der Waals surface area contributed by atoms with E-state index in [9.17, 15) is 9.59 Å². The molecule has 0 fully saturated rings. The number of anilines is 1. The third-order valence-electron chi connectivity index (χ3n) is 1.98. The van der Waals surface area contributed by atoms with Gasteiger partial charge in [-0.3, -0.25) is 4.79 Å². The van der Waals surface area contributed by atoms with E-state index in [1.54, 1.807) is 18.2 Å². The zero-order chi connectivity index (χ0) is 14.3. The number of aliphatic carboxylic acids is 1. The first-order valence-corrected chi connectivity index (χ1v) is 5.35. The minimum absolute atomic E-state index is 0.214. The molecule has 0 aliphatic heterocycles. The van der Waals surface area contributed by atoms with Gasteiger partial charge in [0.1, 0.15) is 12.9 Å². The van der Waals surface area contributed by atoms with Crippen molar-refractivity contribution in [1.82, 2.24) is 0 Å². The van der Waals surface area contributed by atoms with E-state index in [-0.39, 0.29) is 5.91 Å². The van der Waals surface area contributed by atoms with Crippen LogP contribution >= 0.6 is 0 Å². The lowest BCUT2D eigenvalue weighted by atomic mass is 10.2. The summed E-state index contributed by atoms with van der Waals surface area (Å²) in [7, 11) is 1.38. The van der Waals surface area contributed by atoms with Crippen molar-refractivity contribution in [3.8, 4) is 5.75 Å². The number of hydrogen-bond donors (Lipinski definition) is 2. The molecular formula is C12H14N2O5. The van der Waals surface area contributed by atoms with E-state index in [0.29, 0.717) is 17.0 Å². The molecule has 1 amide bonds. The van der Waals surface area contributed by atoms with Gasteiger partial charge in [-0.05, 0) is 18.2 Å². The molecule has 19 heavy (non-hydrogen) atoms. The van der Waals surface area contributed by atoms with Crippen LogP contribution in [-0.2, 0) is 14.4 Å². The predicted molar refractivity (Wildman–Crippen MR) is 68.5 cm³/mol. The van der Waals surface area contributed by atoms with Gasteiger partial charge < -0.3 is 20.0 Å². The number of hydrogen-bond acceptors (Lipinski definition) is 5. The van der Waals surface area contributed by atoms with Crippen LogP contribution in [0.3, 0.4) is 0 Å². The van der Waals surface area contributed by atoms with Gasteiger partial charge in [0.25, 0.3) is 0 Å². The van der Waals surface area contributed by atoms with Gasteiger partial charge in [0.15, 0.2) is 6.61 Å². The van der Waals surface area contributed by atoms with E-state index in [0.717, 1.165) is 0 Å². The molecular weight excluding hydrogens is 252 g/mol. The van der Waals surface area contributed by atoms with Crippen LogP contribution in [-0.4, -0.2) is 36.9 Å². The smallest absolute Gasteiger partial charge is 0.341 e. The van der Waals surface area contributed by atoms with Gasteiger partial charge in [-0.2, -0.15) is 0 Å². The highest BCUT2D eigenvalue weighted by Gasteiger charge is 2.07. The van der Waals surface area contributed by atoms with Crippen molar-refractivity contribution < 1.29 is 24.3 Å². The number of nitrogens with zero attached hydrogens (tertiary/aromatic N) is 1. The maximum Gasteiger partial charge on any atom is 0.341 e. The van der Waals surface area contributed by atoms with E-state index >= 15 is 0 Å². The monoisotopic (exact) mass is 266 g/mol. The molecule has 0 unspecified atom stereocenters. The third kappa shape index (κ3) is 5.07. The Morgan fingerprint density at radius 1 is 1.47 bits per heavy atom. The average Bonchev–Trinajstić information content (AvgIpc) is 2.34. The van der Waals surface area contributed by atoms with Crippen LogP contribution in [0.15, 0.2) is 23.4 Å². The minimum atomic E-state index is -1.08. The maximum atomic E-state index is 11.0. The van der Waals surface area contributed by atoms with Crippen LogP contribution < -0.4 is 10.1 Å². The van der Waals surface area contributed by atoms with Crippen LogP contribution in [0.25, 0.3) is 0 Å². The third-order valence-corrected chi connectivity index (χ3v) is 1.98. The van der Waals surface area contributed by atoms with E-state index in [2.05, 4.69) is 15.3 Å². The normalized spacial score (nSPS) is 10.2. The molecule has 2 N–H and O–H groups in total. The van der Waals surface area contributed by atoms with Crippen LogP contribution in [0.1, 0.15) is 12.5 Å². The number of carboxylic acid groups (broad SMARTS) is 1. The fourth-order valence-electron chi connectivity index (χ4n) is 1.31. The second-order valence-corrected chi connectivity index (χ2v) is 3.53. The van der Waals surface area contributed by atoms with Crippen molar-refractivity contribution in [3.05, 3.63) is 23.8 Å². The summed E-state index contributed by atoms with van der Waals surface area (Å²) in [5.74, 6) is -0.966. The summed E-state index contributed by atoms with van der Waals surface area (Å²) >= 11 is 0. The zero-order valence-electron chi connectivity index (χ0n) is 10.5. The van der Waals surface area contributed by atoms with Crippen molar-refractivity contribution in [1.29, 1.82) is 0 Å². The van der Waals surface area contributed by atoms with E-state index < -0.39 is 12.6 Å². The molecule has 7 heteroatoms. The van der Waals surface area contributed by atoms with Gasteiger partial charge >= 0.3 is 5.97 Å². The maximum absolute atomic E-state index is 11.0. The van der Waals surface area contributed by atoms with Gasteiger partial charge in [-0.1, -0.05) is 5.16 Å². The molecule has 0 saturated carbocycles. The summed E-state index contributed by atoms with van der Waals surface area (Å²) in [6, 6.07) is 4.75. The Labute approximate surface area is 109 Å². The van der Waals surface area contributed by atoms with Crippen LogP contribution in [0, 0.1) is 0 Å². The number of rotatable bonds is 6. The standard InChI is InChI=1S/C12H14N2O5/c1-8(15)14-10-3-4-11(19-7-12(16)17)9(5-10)6-13-18-2/h3-6H,7H2,1-2H3,(H,14,15)(H,16,17). The first kappa shape index (κ1) is 14.5. The Hall–Kier alpha value is -2.57. The second-order valence-electron chi connectivity index (χ2n) is 3.53. The van der Waals surface area contributed by atoms with Gasteiger partial charge in [-0.15, -0.1) is 0 Å². The molecule has 0 bridgehead atoms. The number of carbonyl (C=O) groups is 2. The number of carboxylic acids is 1. The largest absolute Gasteiger partial charge is 0.481 e. The fraction of sp³-hybridized carbons (Fsp3) is 0.250. The van der Waals surface area contributed by atoms with Crippen molar-refractivity contribution in [2.24, 2.45) is 5.16 Å². The zero-order valence-corrected chi connectivity index (χ0v) is 10.5. The Bertz CT molecular complexity index is 499. The van der Waals surface area contributed by atoms with Gasteiger partial charge in [-0.25, -0.2) is 4.79 Å². The van der Waals surface area contributed by atoms with Crippen LogP contribution in [0.2, 0.25) is 0 Å². The van der Waals surface area contributed by atoms with E-state index in [1.165, 1.54) is 20.2 Å². The lowest BCUT2D eigenvalue weighted by molar-refractivity contribution is -0.139. The summed E-state index contributed by atoms with van der Waals surface area (Å²) in [5, 5.41) is 14.8. The molecule has 0 radical (unpaired) electrons. The van der Waals surface area contributed by atoms with Crippen molar-refractivity contribution >= 4 is 23.8 Å². The molecule has 102 valence electrons. The van der Waals surface area contributed by atoms with Crippen molar-refractivity contribution in [3.63, 3.8) is 0 Å². The Balaban J connectivity index is 2.98. The van der Waals surface area contributed by atoms with E-state index in [1.807, 2.05) is 0 Å². The van der Waals surface area contributed by atoms with Crippen molar-refractivity contribution in [2.45, 2.75) is 6.92 Å². The number of ether oxygens (including phenoxy) is 1. The number of nitrogens with one attached hydrogen (secondary N) is 1. The quantitative estimate of drug-likeness (QED) is 0.593. The molecule has 1 aromatic rings. The number of amides is 1. The molecule has 0 aromatic heterocycles. The van der Waals surface area contributed by atoms with Gasteiger partial charge in [0, 0.05) is 18.2 Å². The molecule has 0 aliphatic carbocycles. The molecule has 7 nitrogen and oxygen atoms in total. The molecule has 0 aliphatic rings. The highest BCUT2D eigenvalue weighted by atomic mass is 16.6. The molecule has 1 aromatic carbocycles. The van der Waals surface area contributed by atoms with Crippen LogP contribution in [0.5, 0.6) is 5.75 Å². The molecule has 0 saturated heterocycles. The van der Waals surface area contributed by atoms with Gasteiger partial charge in [0.2, 0.25) is 5.91 Å². The summed E-state index contributed by atoms with van der Waals surface area (Å²) in [6.45, 7) is 0.922. The number of carbonyl (C=O) groups excluding carboxylic acids is 1. The predicted octanol–water partition coefficient (Wildman–Crippen LogP) is 1.09. The summed E-state index contributed by atoms with van der Waals surface area (Å²) in [5.41, 5.74) is 1.04. The lowest BCUT2D eigenvalue weighted by Crippen LogP contribution is -2.11. The Morgan fingerprint density at radius 3 is 2.79 bits per heavy atom. The second kappa shape index (κ2) is 7.00. The highest BCUT2D eigenvalue weighted by Crippen LogP contribution is 2.21. The summed E-state index contributed by atoms with van der Waals surface area (Å²) in [6.07, 6.45) is 1.36. The lowest BCUT2D eigenvalue weighted by Gasteiger charge is -2.09. The molecule has 0 atom stereocenters. The van der Waals surface area contributed by atoms with Gasteiger partial charge in [0.05, 0.1) is 6.21 Å². The summed E-state index contributed by atoms with van der Waals surface area (Å²) in [4.78, 5) is 26.0. The first-order valence-electron chi connectivity index (χ1n) is 5.35. The fourth-order valence-corrected chi connectivity index (χ4v) is 1.31. The Morgan fingerprint density at radius 2 is 2.21 bits per heavy atom. The minimum Gasteiger partial charge on any atom is -0.481 e. The molecule has 1 rings (SSSR count). The Kier molecular flexibility index (Phi) is 5.34. The topological polar surface area (TPSA) is 97.2 Å². The van der Waals surface area contributed by atoms with E-state index in [4.69, 9.17) is 9.84 Å². The number of benzene rings is 1. The molecule has 0 spiro atoms. The SMILES string of the molecule is CON=Cc1cc(NC(C)=O)ccc1OCC(=O)O. The van der Waals surface area contributed by atoms with Crippen LogP contribution in [0.4, 0.5) is 5.69 Å². The summed E-state index contributed by atoms with van der Waals surface area (Å²) < 4.78 is 5.10. The molecule has 0 heterocycles. The van der Waals surface area contributed by atoms with Crippen molar-refractivity contribution in [2.75, 3.05) is 19.0 Å². The number of oxime groups is 1. The first-order chi connectivity index (χ1) is 9.02. The average molecular weight is 266 g/mol.